The molecule has 0 amide bonds. The third-order valence-electron chi connectivity index (χ3n) is 1.89. The van der Waals surface area contributed by atoms with E-state index in [0.717, 1.165) is 0 Å². The normalized spacial score (nSPS) is 16.3. The Morgan fingerprint density at radius 3 is 2.67 bits per heavy atom. The van der Waals surface area contributed by atoms with Crippen LogP contribution in [0.2, 0.25) is 0 Å². The maximum atomic E-state index is 12.6. The van der Waals surface area contributed by atoms with E-state index >= 15 is 0 Å². The Kier molecular flexibility index (Phi) is 4.04. The summed E-state index contributed by atoms with van der Waals surface area (Å²) in [6.45, 7) is 1.63. The van der Waals surface area contributed by atoms with Gasteiger partial charge in [0.1, 0.15) is 5.25 Å². The van der Waals surface area contributed by atoms with E-state index < -0.39 is 17.5 Å². The topological polar surface area (TPSA) is 54.7 Å². The first-order valence-corrected chi connectivity index (χ1v) is 5.31. The highest BCUT2D eigenvalue weighted by Crippen LogP contribution is 2.35. The van der Waals surface area contributed by atoms with Gasteiger partial charge < -0.3 is 10.7 Å². The SMILES string of the molecule is CCC(N)C(Sc1ncc[nH]1)C(F)(F)F. The molecule has 0 aromatic carbocycles. The van der Waals surface area contributed by atoms with Gasteiger partial charge in [-0.05, 0) is 6.42 Å². The van der Waals surface area contributed by atoms with Gasteiger partial charge >= 0.3 is 6.18 Å². The summed E-state index contributed by atoms with van der Waals surface area (Å²) in [7, 11) is 0. The predicted octanol–water partition coefficient (Wildman–Crippen LogP) is 2.17. The fraction of sp³-hybridized carbons (Fsp3) is 0.625. The van der Waals surface area contributed by atoms with Crippen LogP contribution < -0.4 is 5.73 Å². The summed E-state index contributed by atoms with van der Waals surface area (Å²) in [4.78, 5) is 6.35. The molecule has 1 aromatic rings. The van der Waals surface area contributed by atoms with Crippen molar-refractivity contribution < 1.29 is 13.2 Å². The van der Waals surface area contributed by atoms with Gasteiger partial charge in [0.25, 0.3) is 0 Å². The summed E-state index contributed by atoms with van der Waals surface area (Å²) in [6, 6.07) is -0.917. The average molecular weight is 239 g/mol. The van der Waals surface area contributed by atoms with Crippen LogP contribution in [0.25, 0.3) is 0 Å². The van der Waals surface area contributed by atoms with Gasteiger partial charge in [0, 0.05) is 18.4 Å². The van der Waals surface area contributed by atoms with Gasteiger partial charge in [-0.2, -0.15) is 13.2 Å². The number of thioether (sulfide) groups is 1. The molecule has 15 heavy (non-hydrogen) atoms. The van der Waals surface area contributed by atoms with Crippen molar-refractivity contribution in [2.24, 2.45) is 5.73 Å². The van der Waals surface area contributed by atoms with Gasteiger partial charge in [0.15, 0.2) is 5.16 Å². The predicted molar refractivity (Wildman–Crippen MR) is 52.6 cm³/mol. The van der Waals surface area contributed by atoms with E-state index in [1.54, 1.807) is 6.92 Å². The Hall–Kier alpha value is -0.690. The van der Waals surface area contributed by atoms with Crippen LogP contribution >= 0.6 is 11.8 Å². The third-order valence-corrected chi connectivity index (χ3v) is 3.21. The molecule has 0 saturated heterocycles. The summed E-state index contributed by atoms with van der Waals surface area (Å²) < 4.78 is 37.8. The number of nitrogens with two attached hydrogens (primary N) is 1. The number of hydrogen-bond donors (Lipinski definition) is 2. The Bertz CT molecular complexity index is 286. The summed E-state index contributed by atoms with van der Waals surface area (Å²) in [6.07, 6.45) is -1.15. The molecule has 0 fully saturated rings. The second kappa shape index (κ2) is 4.89. The lowest BCUT2D eigenvalue weighted by molar-refractivity contribution is -0.132. The lowest BCUT2D eigenvalue weighted by Crippen LogP contribution is -2.42. The molecule has 0 saturated carbocycles. The van der Waals surface area contributed by atoms with Crippen molar-refractivity contribution in [1.82, 2.24) is 9.97 Å². The Labute approximate surface area is 89.6 Å². The molecule has 0 aliphatic carbocycles. The smallest absolute Gasteiger partial charge is 0.340 e. The van der Waals surface area contributed by atoms with E-state index in [2.05, 4.69) is 9.97 Å². The first-order chi connectivity index (χ1) is 6.95. The second-order valence-corrected chi connectivity index (χ2v) is 4.18. The number of rotatable bonds is 4. The zero-order valence-electron chi connectivity index (χ0n) is 8.08. The monoisotopic (exact) mass is 239 g/mol. The molecule has 1 aromatic heterocycles. The number of halogens is 3. The van der Waals surface area contributed by atoms with Crippen molar-refractivity contribution in [1.29, 1.82) is 0 Å². The molecular weight excluding hydrogens is 227 g/mol. The second-order valence-electron chi connectivity index (χ2n) is 3.05. The molecule has 0 aliphatic rings. The van der Waals surface area contributed by atoms with Crippen molar-refractivity contribution >= 4 is 11.8 Å². The minimum absolute atomic E-state index is 0.237. The third kappa shape index (κ3) is 3.42. The molecule has 0 aliphatic heterocycles. The standard InChI is InChI=1S/C8H12F3N3S/c1-2-5(12)6(8(9,10)11)15-7-13-3-4-14-7/h3-6H,2,12H2,1H3,(H,13,14). The maximum Gasteiger partial charge on any atom is 0.402 e. The summed E-state index contributed by atoms with van der Waals surface area (Å²) >= 11 is 0.618. The van der Waals surface area contributed by atoms with Gasteiger partial charge in [-0.3, -0.25) is 0 Å². The minimum Gasteiger partial charge on any atom is -0.340 e. The molecule has 3 nitrogen and oxygen atoms in total. The Morgan fingerprint density at radius 2 is 2.27 bits per heavy atom. The van der Waals surface area contributed by atoms with Crippen molar-refractivity contribution in [3.8, 4) is 0 Å². The lowest BCUT2D eigenvalue weighted by atomic mass is 10.1. The van der Waals surface area contributed by atoms with Crippen LogP contribution in [0.4, 0.5) is 13.2 Å². The van der Waals surface area contributed by atoms with E-state index in [1.165, 1.54) is 12.4 Å². The van der Waals surface area contributed by atoms with Crippen LogP contribution in [-0.4, -0.2) is 27.4 Å². The van der Waals surface area contributed by atoms with Crippen molar-refractivity contribution in [3.63, 3.8) is 0 Å². The summed E-state index contributed by atoms with van der Waals surface area (Å²) in [5.41, 5.74) is 5.44. The molecule has 0 radical (unpaired) electrons. The molecule has 1 heterocycles. The van der Waals surface area contributed by atoms with Gasteiger partial charge in [0.05, 0.1) is 0 Å². The van der Waals surface area contributed by atoms with E-state index in [4.69, 9.17) is 5.73 Å². The molecule has 86 valence electrons. The van der Waals surface area contributed by atoms with Crippen LogP contribution in [0, 0.1) is 0 Å². The fourth-order valence-electron chi connectivity index (χ4n) is 1.05. The highest BCUT2D eigenvalue weighted by atomic mass is 32.2. The van der Waals surface area contributed by atoms with Crippen molar-refractivity contribution in [2.75, 3.05) is 0 Å². The van der Waals surface area contributed by atoms with Gasteiger partial charge in [-0.15, -0.1) is 0 Å². The quantitative estimate of drug-likeness (QED) is 0.792. The zero-order valence-corrected chi connectivity index (χ0v) is 8.90. The number of nitrogens with zero attached hydrogens (tertiary/aromatic N) is 1. The number of alkyl halides is 3. The Balaban J connectivity index is 2.74. The Morgan fingerprint density at radius 1 is 1.60 bits per heavy atom. The van der Waals surface area contributed by atoms with Gasteiger partial charge in [0.2, 0.25) is 0 Å². The van der Waals surface area contributed by atoms with Gasteiger partial charge in [-0.1, -0.05) is 18.7 Å². The van der Waals surface area contributed by atoms with Crippen LogP contribution in [0.15, 0.2) is 17.6 Å². The molecular formula is C8H12F3N3S. The number of aromatic nitrogens is 2. The molecule has 3 N–H and O–H groups in total. The number of hydrogen-bond acceptors (Lipinski definition) is 3. The van der Waals surface area contributed by atoms with E-state index in [9.17, 15) is 13.2 Å². The largest absolute Gasteiger partial charge is 0.402 e. The van der Waals surface area contributed by atoms with Crippen molar-refractivity contribution in [3.05, 3.63) is 12.4 Å². The maximum absolute atomic E-state index is 12.6. The van der Waals surface area contributed by atoms with Gasteiger partial charge in [-0.25, -0.2) is 4.98 Å². The van der Waals surface area contributed by atoms with E-state index in [-0.39, 0.29) is 11.6 Å². The van der Waals surface area contributed by atoms with Crippen LogP contribution in [0.3, 0.4) is 0 Å². The van der Waals surface area contributed by atoms with Crippen molar-refractivity contribution in [2.45, 2.75) is 36.0 Å². The molecule has 1 rings (SSSR count). The summed E-state index contributed by atoms with van der Waals surface area (Å²) in [5, 5.41) is -1.38. The van der Waals surface area contributed by atoms with Crippen LogP contribution in [0.5, 0.6) is 0 Å². The van der Waals surface area contributed by atoms with Crippen LogP contribution in [0.1, 0.15) is 13.3 Å². The molecule has 2 atom stereocenters. The first kappa shape index (κ1) is 12.4. The first-order valence-electron chi connectivity index (χ1n) is 4.43. The highest BCUT2D eigenvalue weighted by Gasteiger charge is 2.44. The summed E-state index contributed by atoms with van der Waals surface area (Å²) in [5.74, 6) is 0. The zero-order chi connectivity index (χ0) is 11.5. The minimum atomic E-state index is -4.31. The molecule has 0 spiro atoms. The van der Waals surface area contributed by atoms with Crippen LogP contribution in [-0.2, 0) is 0 Å². The lowest BCUT2D eigenvalue weighted by Gasteiger charge is -2.23. The molecule has 2 unspecified atom stereocenters. The van der Waals surface area contributed by atoms with E-state index in [1.807, 2.05) is 0 Å². The number of H-pyrrole nitrogens is 1. The van der Waals surface area contributed by atoms with E-state index in [0.29, 0.717) is 11.8 Å². The number of imidazole rings is 1. The number of nitrogens with one attached hydrogen (secondary N) is 1. The molecule has 0 bridgehead atoms. The molecule has 7 heteroatoms. The highest BCUT2D eigenvalue weighted by molar-refractivity contribution is 7.99. The fourth-order valence-corrected chi connectivity index (χ4v) is 2.05. The number of aromatic amines is 1. The average Bonchev–Trinajstić information content (AvgIpc) is 2.63.